The first-order valence-electron chi connectivity index (χ1n) is 3.60. The van der Waals surface area contributed by atoms with Gasteiger partial charge in [-0.2, -0.15) is 8.42 Å². The summed E-state index contributed by atoms with van der Waals surface area (Å²) in [7, 11) is -4.18. The molecule has 4 nitrogen and oxygen atoms in total. The molecule has 0 aliphatic carbocycles. The third kappa shape index (κ3) is 2.96. The molecule has 0 spiro atoms. The van der Waals surface area contributed by atoms with E-state index in [-0.39, 0.29) is 40.2 Å². The number of hydrogen-bond donors (Lipinski definition) is 2. The molecule has 1 rings (SSSR count). The maximum atomic E-state index is 10.7. The van der Waals surface area contributed by atoms with Gasteiger partial charge in [0.05, 0.1) is 4.90 Å². The number of phenols is 1. The van der Waals surface area contributed by atoms with Gasteiger partial charge < -0.3 is 5.11 Å². The monoisotopic (exact) mass is 225 g/mol. The van der Waals surface area contributed by atoms with E-state index < -0.39 is 10.1 Å². The topological polar surface area (TPSA) is 74.6 Å². The van der Waals surface area contributed by atoms with Crippen LogP contribution in [0.4, 0.5) is 0 Å². The van der Waals surface area contributed by atoms with E-state index in [4.69, 9.17) is 4.55 Å². The van der Waals surface area contributed by atoms with E-state index in [0.29, 0.717) is 11.1 Å². The van der Waals surface area contributed by atoms with Crippen molar-refractivity contribution in [3.63, 3.8) is 0 Å². The zero-order valence-corrected chi connectivity index (χ0v) is 11.1. The predicted molar refractivity (Wildman–Crippen MR) is 53.1 cm³/mol. The standard InChI is InChI=1S/C8H10O4S.Na/c1-5-3-7(13(10,11)12)4-6(2)8(5)9;/h3-4,9H,1-2H3,(H,10,11,12);. The summed E-state index contributed by atoms with van der Waals surface area (Å²) in [6.07, 6.45) is 0. The SMILES string of the molecule is Cc1cc(S(=O)(=O)O)cc(C)c1O.[Na]. The largest absolute Gasteiger partial charge is 0.507 e. The fourth-order valence-corrected chi connectivity index (χ4v) is 1.72. The molecule has 0 heterocycles. The first-order valence-corrected chi connectivity index (χ1v) is 5.04. The Morgan fingerprint density at radius 2 is 1.50 bits per heavy atom. The van der Waals surface area contributed by atoms with Crippen molar-refractivity contribution in [1.29, 1.82) is 0 Å². The molecule has 2 N–H and O–H groups in total. The van der Waals surface area contributed by atoms with E-state index in [1.807, 2.05) is 0 Å². The maximum Gasteiger partial charge on any atom is 0.294 e. The fraction of sp³-hybridized carbons (Fsp3) is 0.250. The smallest absolute Gasteiger partial charge is 0.294 e. The second kappa shape index (κ2) is 4.63. The Labute approximate surface area is 105 Å². The Kier molecular flexibility index (Phi) is 4.61. The average Bonchev–Trinajstić information content (AvgIpc) is 1.97. The van der Waals surface area contributed by atoms with E-state index in [0.717, 1.165) is 0 Å². The van der Waals surface area contributed by atoms with Gasteiger partial charge in [-0.15, -0.1) is 0 Å². The van der Waals surface area contributed by atoms with E-state index in [9.17, 15) is 13.5 Å². The van der Waals surface area contributed by atoms with Gasteiger partial charge in [0.25, 0.3) is 10.1 Å². The van der Waals surface area contributed by atoms with Gasteiger partial charge in [-0.05, 0) is 37.1 Å². The quantitative estimate of drug-likeness (QED) is 0.549. The van der Waals surface area contributed by atoms with Crippen LogP contribution in [0.15, 0.2) is 17.0 Å². The van der Waals surface area contributed by atoms with Crippen LogP contribution < -0.4 is 0 Å². The van der Waals surface area contributed by atoms with Gasteiger partial charge in [-0.3, -0.25) is 4.55 Å². The van der Waals surface area contributed by atoms with E-state index in [1.165, 1.54) is 12.1 Å². The van der Waals surface area contributed by atoms with Crippen molar-refractivity contribution in [3.05, 3.63) is 23.3 Å². The number of rotatable bonds is 1. The van der Waals surface area contributed by atoms with E-state index in [1.54, 1.807) is 13.8 Å². The van der Waals surface area contributed by atoms with Crippen LogP contribution in [0, 0.1) is 13.8 Å². The van der Waals surface area contributed by atoms with Gasteiger partial charge in [0.15, 0.2) is 0 Å². The summed E-state index contributed by atoms with van der Waals surface area (Å²) >= 11 is 0. The van der Waals surface area contributed by atoms with Crippen LogP contribution in [-0.2, 0) is 10.1 Å². The van der Waals surface area contributed by atoms with Crippen LogP contribution in [0.2, 0.25) is 0 Å². The molecule has 0 atom stereocenters. The van der Waals surface area contributed by atoms with Crippen molar-refractivity contribution in [1.82, 2.24) is 0 Å². The van der Waals surface area contributed by atoms with Crippen molar-refractivity contribution < 1.29 is 18.1 Å². The van der Waals surface area contributed by atoms with Gasteiger partial charge in [-0.25, -0.2) is 0 Å². The van der Waals surface area contributed by atoms with Crippen molar-refractivity contribution in [2.24, 2.45) is 0 Å². The molecule has 0 saturated carbocycles. The van der Waals surface area contributed by atoms with Crippen LogP contribution in [0.25, 0.3) is 0 Å². The third-order valence-electron chi connectivity index (χ3n) is 1.76. The zero-order valence-electron chi connectivity index (χ0n) is 8.27. The van der Waals surface area contributed by atoms with Gasteiger partial charge in [0.2, 0.25) is 0 Å². The molecule has 14 heavy (non-hydrogen) atoms. The molecular weight excluding hydrogens is 215 g/mol. The average molecular weight is 225 g/mol. The minimum absolute atomic E-state index is 0. The normalized spacial score (nSPS) is 10.8. The molecule has 0 bridgehead atoms. The van der Waals surface area contributed by atoms with Crippen molar-refractivity contribution in [2.75, 3.05) is 0 Å². The number of aromatic hydroxyl groups is 1. The first kappa shape index (κ1) is 13.9. The number of benzene rings is 1. The third-order valence-corrected chi connectivity index (χ3v) is 2.59. The molecule has 0 fully saturated rings. The molecule has 73 valence electrons. The van der Waals surface area contributed by atoms with Gasteiger partial charge in [-0.1, -0.05) is 0 Å². The summed E-state index contributed by atoms with van der Waals surface area (Å²) in [5.74, 6) is 0.0485. The summed E-state index contributed by atoms with van der Waals surface area (Å²) in [4.78, 5) is -0.194. The van der Waals surface area contributed by atoms with Gasteiger partial charge >= 0.3 is 0 Å². The molecule has 0 aliphatic rings. The molecule has 1 aromatic carbocycles. The Morgan fingerprint density at radius 3 is 1.79 bits per heavy atom. The Balaban J connectivity index is 0.00000169. The van der Waals surface area contributed by atoms with Crippen LogP contribution in [0.1, 0.15) is 11.1 Å². The van der Waals surface area contributed by atoms with Crippen molar-refractivity contribution >= 4 is 39.7 Å². The minimum atomic E-state index is -4.18. The summed E-state index contributed by atoms with van der Waals surface area (Å²) in [5.41, 5.74) is 0.847. The Hall–Kier alpha value is -0.0700. The number of phenolic OH excluding ortho intramolecular Hbond substituents is 1. The van der Waals surface area contributed by atoms with Crippen molar-refractivity contribution in [2.45, 2.75) is 18.7 Å². The predicted octanol–water partition coefficient (Wildman–Crippen LogP) is 0.875. The zero-order chi connectivity index (χ0) is 10.2. The molecule has 6 heteroatoms. The molecule has 0 aliphatic heterocycles. The summed E-state index contributed by atoms with van der Waals surface area (Å²) in [6, 6.07) is 2.44. The Bertz CT molecular complexity index is 416. The molecule has 1 radical (unpaired) electrons. The van der Waals surface area contributed by atoms with Crippen LogP contribution in [-0.4, -0.2) is 47.6 Å². The maximum absolute atomic E-state index is 10.7. The molecule has 0 saturated heterocycles. The van der Waals surface area contributed by atoms with E-state index in [2.05, 4.69) is 0 Å². The van der Waals surface area contributed by atoms with Gasteiger partial charge in [0, 0.05) is 29.6 Å². The molecule has 1 aromatic rings. The molecule has 0 aromatic heterocycles. The Morgan fingerprint density at radius 1 is 1.14 bits per heavy atom. The summed E-state index contributed by atoms with van der Waals surface area (Å²) in [5, 5.41) is 9.32. The van der Waals surface area contributed by atoms with Crippen LogP contribution in [0.3, 0.4) is 0 Å². The van der Waals surface area contributed by atoms with Gasteiger partial charge in [0.1, 0.15) is 5.75 Å². The second-order valence-electron chi connectivity index (χ2n) is 2.88. The fourth-order valence-electron chi connectivity index (χ4n) is 1.07. The van der Waals surface area contributed by atoms with Crippen LogP contribution >= 0.6 is 0 Å². The summed E-state index contributed by atoms with van der Waals surface area (Å²) in [6.45, 7) is 3.13. The molecular formula is C8H10NaO4S. The molecule has 0 amide bonds. The number of hydrogen-bond acceptors (Lipinski definition) is 3. The van der Waals surface area contributed by atoms with Crippen molar-refractivity contribution in [3.8, 4) is 5.75 Å². The van der Waals surface area contributed by atoms with Crippen LogP contribution in [0.5, 0.6) is 5.75 Å². The first-order chi connectivity index (χ1) is 5.82. The minimum Gasteiger partial charge on any atom is -0.507 e. The number of aryl methyl sites for hydroxylation is 2. The summed E-state index contributed by atoms with van der Waals surface area (Å²) < 4.78 is 30.2. The van der Waals surface area contributed by atoms with E-state index >= 15 is 0 Å². The second-order valence-corrected chi connectivity index (χ2v) is 4.30. The molecule has 0 unspecified atom stereocenters.